The quantitative estimate of drug-likeness (QED) is 0.609. The molecule has 0 heterocycles. The molecule has 0 amide bonds. The van der Waals surface area contributed by atoms with Crippen molar-refractivity contribution < 1.29 is 13.9 Å². The summed E-state index contributed by atoms with van der Waals surface area (Å²) in [4.78, 5) is 11.1. The SMILES string of the molecule is C#CC(OC(C)=O)c1cc(F)ccc1C#CC(C)(C)C. The first kappa shape index (κ1) is 15.8. The highest BCUT2D eigenvalue weighted by atomic mass is 19.1. The van der Waals surface area contributed by atoms with Crippen LogP contribution in [0.5, 0.6) is 0 Å². The van der Waals surface area contributed by atoms with Gasteiger partial charge in [0, 0.05) is 23.5 Å². The molecule has 0 saturated heterocycles. The van der Waals surface area contributed by atoms with E-state index in [2.05, 4.69) is 17.8 Å². The van der Waals surface area contributed by atoms with Gasteiger partial charge in [0.05, 0.1) is 0 Å². The van der Waals surface area contributed by atoms with E-state index in [4.69, 9.17) is 11.2 Å². The Morgan fingerprint density at radius 3 is 2.55 bits per heavy atom. The van der Waals surface area contributed by atoms with Crippen molar-refractivity contribution in [3.8, 4) is 24.2 Å². The highest BCUT2D eigenvalue weighted by Crippen LogP contribution is 2.22. The largest absolute Gasteiger partial charge is 0.444 e. The molecule has 1 atom stereocenters. The van der Waals surface area contributed by atoms with E-state index in [-0.39, 0.29) is 5.41 Å². The monoisotopic (exact) mass is 272 g/mol. The molecular formula is C17H17FO2. The first-order valence-corrected chi connectivity index (χ1v) is 6.19. The van der Waals surface area contributed by atoms with Crippen LogP contribution in [-0.4, -0.2) is 5.97 Å². The minimum absolute atomic E-state index is 0.196. The summed E-state index contributed by atoms with van der Waals surface area (Å²) in [5.41, 5.74) is 0.753. The van der Waals surface area contributed by atoms with E-state index in [1.165, 1.54) is 25.1 Å². The normalized spacial score (nSPS) is 11.8. The average Bonchev–Trinajstić information content (AvgIpc) is 2.33. The fourth-order valence-electron chi connectivity index (χ4n) is 1.47. The molecule has 0 radical (unpaired) electrons. The molecule has 1 unspecified atom stereocenters. The van der Waals surface area contributed by atoms with Crippen molar-refractivity contribution in [3.63, 3.8) is 0 Å². The van der Waals surface area contributed by atoms with E-state index in [0.29, 0.717) is 11.1 Å². The predicted molar refractivity (Wildman–Crippen MR) is 76.1 cm³/mol. The van der Waals surface area contributed by atoms with Crippen molar-refractivity contribution in [2.45, 2.75) is 33.8 Å². The number of hydrogen-bond acceptors (Lipinski definition) is 2. The highest BCUT2D eigenvalue weighted by Gasteiger charge is 2.16. The Morgan fingerprint density at radius 2 is 2.05 bits per heavy atom. The zero-order valence-corrected chi connectivity index (χ0v) is 12.1. The van der Waals surface area contributed by atoms with Gasteiger partial charge in [0.1, 0.15) is 5.82 Å². The number of ether oxygens (including phenoxy) is 1. The number of hydrogen-bond donors (Lipinski definition) is 0. The molecule has 0 aliphatic carbocycles. The fourth-order valence-corrected chi connectivity index (χ4v) is 1.47. The van der Waals surface area contributed by atoms with Gasteiger partial charge in [0.15, 0.2) is 6.10 Å². The molecule has 1 rings (SSSR count). The minimum Gasteiger partial charge on any atom is -0.444 e. The average molecular weight is 272 g/mol. The van der Waals surface area contributed by atoms with Crippen molar-refractivity contribution in [1.82, 2.24) is 0 Å². The summed E-state index contributed by atoms with van der Waals surface area (Å²) in [5.74, 6) is 7.38. The molecule has 0 saturated carbocycles. The fraction of sp³-hybridized carbons (Fsp3) is 0.353. The van der Waals surface area contributed by atoms with E-state index in [0.717, 1.165) is 0 Å². The first-order valence-electron chi connectivity index (χ1n) is 6.19. The Balaban J connectivity index is 3.29. The molecule has 20 heavy (non-hydrogen) atoms. The topological polar surface area (TPSA) is 26.3 Å². The Labute approximate surface area is 119 Å². The summed E-state index contributed by atoms with van der Waals surface area (Å²) < 4.78 is 18.4. The summed E-state index contributed by atoms with van der Waals surface area (Å²) in [6.07, 6.45) is 4.42. The van der Waals surface area contributed by atoms with Crippen LogP contribution in [0.15, 0.2) is 18.2 Å². The van der Waals surface area contributed by atoms with E-state index in [1.807, 2.05) is 20.8 Å². The molecule has 0 aromatic heterocycles. The smallest absolute Gasteiger partial charge is 0.304 e. The lowest BCUT2D eigenvalue weighted by atomic mass is 9.96. The molecule has 1 aromatic carbocycles. The number of benzene rings is 1. The van der Waals surface area contributed by atoms with Crippen molar-refractivity contribution in [3.05, 3.63) is 35.1 Å². The number of esters is 1. The third-order valence-corrected chi connectivity index (χ3v) is 2.30. The van der Waals surface area contributed by atoms with Crippen molar-refractivity contribution in [1.29, 1.82) is 0 Å². The van der Waals surface area contributed by atoms with Crippen molar-refractivity contribution >= 4 is 5.97 Å². The van der Waals surface area contributed by atoms with Gasteiger partial charge >= 0.3 is 5.97 Å². The van der Waals surface area contributed by atoms with Gasteiger partial charge in [-0.25, -0.2) is 4.39 Å². The second-order valence-electron chi connectivity index (χ2n) is 5.39. The van der Waals surface area contributed by atoms with Gasteiger partial charge in [-0.15, -0.1) is 6.42 Å². The van der Waals surface area contributed by atoms with E-state index in [1.54, 1.807) is 0 Å². The Bertz CT molecular complexity index is 607. The van der Waals surface area contributed by atoms with Crippen LogP contribution in [0.3, 0.4) is 0 Å². The second-order valence-corrected chi connectivity index (χ2v) is 5.39. The van der Waals surface area contributed by atoms with E-state index >= 15 is 0 Å². The molecule has 104 valence electrons. The first-order chi connectivity index (χ1) is 9.23. The molecule has 1 aromatic rings. The third-order valence-electron chi connectivity index (χ3n) is 2.30. The van der Waals surface area contributed by atoms with Gasteiger partial charge in [-0.3, -0.25) is 4.79 Å². The molecule has 3 heteroatoms. The Morgan fingerprint density at radius 1 is 1.40 bits per heavy atom. The van der Waals surface area contributed by atoms with Crippen LogP contribution in [0, 0.1) is 35.4 Å². The maximum Gasteiger partial charge on any atom is 0.304 e. The maximum atomic E-state index is 13.4. The van der Waals surface area contributed by atoms with E-state index in [9.17, 15) is 9.18 Å². The number of carbonyl (C=O) groups excluding carboxylic acids is 1. The van der Waals surface area contributed by atoms with Gasteiger partial charge in [-0.1, -0.05) is 17.8 Å². The summed E-state index contributed by atoms with van der Waals surface area (Å²) >= 11 is 0. The molecule has 0 bridgehead atoms. The number of rotatable bonds is 2. The van der Waals surface area contributed by atoms with Gasteiger partial charge in [0.25, 0.3) is 0 Å². The lowest BCUT2D eigenvalue weighted by Crippen LogP contribution is -2.09. The molecule has 0 fully saturated rings. The van der Waals surface area contributed by atoms with Gasteiger partial charge < -0.3 is 4.74 Å². The highest BCUT2D eigenvalue weighted by molar-refractivity contribution is 5.67. The van der Waals surface area contributed by atoms with Crippen LogP contribution in [0.2, 0.25) is 0 Å². The van der Waals surface area contributed by atoms with Crippen molar-refractivity contribution in [2.75, 3.05) is 0 Å². The lowest BCUT2D eigenvalue weighted by Gasteiger charge is -2.14. The lowest BCUT2D eigenvalue weighted by molar-refractivity contribution is -0.144. The summed E-state index contributed by atoms with van der Waals surface area (Å²) in [6.45, 7) is 7.15. The van der Waals surface area contributed by atoms with Gasteiger partial charge in [0.2, 0.25) is 0 Å². The van der Waals surface area contributed by atoms with Crippen molar-refractivity contribution in [2.24, 2.45) is 5.41 Å². The minimum atomic E-state index is -0.938. The van der Waals surface area contributed by atoms with Crippen LogP contribution in [0.1, 0.15) is 44.9 Å². The molecule has 0 N–H and O–H groups in total. The zero-order valence-electron chi connectivity index (χ0n) is 12.1. The summed E-state index contributed by atoms with van der Waals surface area (Å²) in [7, 11) is 0. The summed E-state index contributed by atoms with van der Waals surface area (Å²) in [5, 5.41) is 0. The van der Waals surface area contributed by atoms with Crippen LogP contribution < -0.4 is 0 Å². The Hall–Kier alpha value is -2.26. The van der Waals surface area contributed by atoms with E-state index < -0.39 is 17.9 Å². The second kappa shape index (κ2) is 6.26. The van der Waals surface area contributed by atoms with Crippen LogP contribution in [0.4, 0.5) is 4.39 Å². The third kappa shape index (κ3) is 4.78. The van der Waals surface area contributed by atoms with Crippen LogP contribution >= 0.6 is 0 Å². The number of carbonyl (C=O) groups is 1. The number of terminal acetylenes is 1. The van der Waals surface area contributed by atoms with Crippen LogP contribution in [0.25, 0.3) is 0 Å². The Kier molecular flexibility index (Phi) is 4.94. The number of halogens is 1. The molecule has 0 spiro atoms. The van der Waals surface area contributed by atoms with Gasteiger partial charge in [-0.05, 0) is 39.0 Å². The standard InChI is InChI=1S/C17H17FO2/c1-6-16(20-12(2)19)15-11-14(18)8-7-13(15)9-10-17(3,4)5/h1,7-8,11,16H,2-5H3. The molecular weight excluding hydrogens is 255 g/mol. The molecule has 2 nitrogen and oxygen atoms in total. The predicted octanol–water partition coefficient (Wildman–Crippen LogP) is 3.46. The van der Waals surface area contributed by atoms with Crippen LogP contribution in [-0.2, 0) is 9.53 Å². The molecule has 0 aliphatic rings. The van der Waals surface area contributed by atoms with Gasteiger partial charge in [-0.2, -0.15) is 0 Å². The molecule has 0 aliphatic heterocycles. The maximum absolute atomic E-state index is 13.4. The summed E-state index contributed by atoms with van der Waals surface area (Å²) in [6, 6.07) is 4.09. The zero-order chi connectivity index (χ0) is 15.3.